The molecule has 7 heterocycles. The summed E-state index contributed by atoms with van der Waals surface area (Å²) in [6, 6.07) is 11.1. The van der Waals surface area contributed by atoms with Gasteiger partial charge in [0, 0.05) is 23.6 Å². The molecule has 0 spiro atoms. The van der Waals surface area contributed by atoms with E-state index in [4.69, 9.17) is 9.72 Å². The number of piperidine rings is 1. The van der Waals surface area contributed by atoms with E-state index in [2.05, 4.69) is 26.3 Å². The minimum Gasteiger partial charge on any atom is -0.477 e. The molecule has 7 nitrogen and oxygen atoms in total. The second-order valence-corrected chi connectivity index (χ2v) is 11.5. The van der Waals surface area contributed by atoms with Crippen molar-refractivity contribution in [2.24, 2.45) is 5.92 Å². The Balaban J connectivity index is 1.31. The molecule has 9 heteroatoms. The Morgan fingerprint density at radius 3 is 2.60 bits per heavy atom. The number of alkyl halides is 2. The van der Waals surface area contributed by atoms with Crippen LogP contribution in [0.1, 0.15) is 74.5 Å². The van der Waals surface area contributed by atoms with Crippen LogP contribution < -0.4 is 10.1 Å². The lowest BCUT2D eigenvalue weighted by Crippen LogP contribution is -2.40. The van der Waals surface area contributed by atoms with Crippen LogP contribution in [0.2, 0.25) is 0 Å². The Bertz CT molecular complexity index is 1390. The number of ether oxygens (including phenoxy) is 1. The van der Waals surface area contributed by atoms with Crippen molar-refractivity contribution in [2.75, 3.05) is 31.6 Å². The molecule has 1 saturated carbocycles. The van der Waals surface area contributed by atoms with Gasteiger partial charge in [-0.25, -0.2) is 18.7 Å². The number of hydrogen-bond donors (Lipinski definition) is 1. The standard InChI is InChI=1S/C31H36F2N6O/c32-31(33)23-9-14-39(15-10-23)13-4-2-1-3-5-16-40-29-26(30(20-34)11-12-30)18-25-27(36-21-37-28(25)38-29)35-19-22-7-6-8-24(31)17-22/h6-8,17-18,21,23H,1-5,9-16,19H2,(H,35,36,37,38). The summed E-state index contributed by atoms with van der Waals surface area (Å²) in [4.78, 5) is 15.9. The number of rotatable bonds is 1. The second-order valence-electron chi connectivity index (χ2n) is 11.5. The molecule has 2 aromatic heterocycles. The Kier molecular flexibility index (Phi) is 7.54. The van der Waals surface area contributed by atoms with Gasteiger partial charge in [0.2, 0.25) is 5.88 Å². The van der Waals surface area contributed by atoms with Gasteiger partial charge in [0.15, 0.2) is 5.65 Å². The van der Waals surface area contributed by atoms with Crippen LogP contribution in [-0.2, 0) is 17.9 Å². The molecule has 0 atom stereocenters. The number of anilines is 1. The minimum atomic E-state index is -2.87. The number of aromatic nitrogens is 3. The van der Waals surface area contributed by atoms with E-state index in [9.17, 15) is 5.26 Å². The molecule has 0 unspecified atom stereocenters. The summed E-state index contributed by atoms with van der Waals surface area (Å²) in [7, 11) is 0. The number of nitrogens with zero attached hydrogens (tertiary/aromatic N) is 5. The maximum Gasteiger partial charge on any atom is 0.276 e. The summed E-state index contributed by atoms with van der Waals surface area (Å²) in [6.45, 7) is 3.30. The van der Waals surface area contributed by atoms with Crippen molar-refractivity contribution in [3.8, 4) is 11.9 Å². The van der Waals surface area contributed by atoms with Crippen LogP contribution in [-0.4, -0.2) is 46.1 Å². The fourth-order valence-electron chi connectivity index (χ4n) is 6.10. The van der Waals surface area contributed by atoms with Gasteiger partial charge in [-0.1, -0.05) is 37.5 Å². The summed E-state index contributed by atoms with van der Waals surface area (Å²) < 4.78 is 37.4. The number of benzene rings is 1. The molecule has 5 aliphatic heterocycles. The van der Waals surface area contributed by atoms with Crippen molar-refractivity contribution in [3.05, 3.63) is 53.3 Å². The van der Waals surface area contributed by atoms with Gasteiger partial charge in [0.05, 0.1) is 23.5 Å². The predicted octanol–water partition coefficient (Wildman–Crippen LogP) is 6.34. The molecule has 0 radical (unpaired) electrons. The highest BCUT2D eigenvalue weighted by Crippen LogP contribution is 2.51. The Hall–Kier alpha value is -3.38. The van der Waals surface area contributed by atoms with Gasteiger partial charge in [-0.15, -0.1) is 0 Å². The molecule has 8 bridgehead atoms. The highest BCUT2D eigenvalue weighted by molar-refractivity contribution is 5.88. The molecule has 1 aliphatic carbocycles. The van der Waals surface area contributed by atoms with Crippen LogP contribution >= 0.6 is 0 Å². The maximum absolute atomic E-state index is 15.6. The molecule has 40 heavy (non-hydrogen) atoms. The fraction of sp³-hybridized carbons (Fsp3) is 0.548. The van der Waals surface area contributed by atoms with Crippen LogP contribution in [0.5, 0.6) is 5.88 Å². The molecule has 1 saturated heterocycles. The average molecular weight is 547 g/mol. The first kappa shape index (κ1) is 26.8. The first-order valence-electron chi connectivity index (χ1n) is 14.6. The van der Waals surface area contributed by atoms with Crippen molar-refractivity contribution >= 4 is 16.9 Å². The Morgan fingerprint density at radius 1 is 1.00 bits per heavy atom. The van der Waals surface area contributed by atoms with Crippen molar-refractivity contribution in [1.29, 1.82) is 5.26 Å². The highest BCUT2D eigenvalue weighted by Gasteiger charge is 2.48. The summed E-state index contributed by atoms with van der Waals surface area (Å²) in [6.07, 6.45) is 9.27. The third kappa shape index (κ3) is 5.46. The molecule has 0 amide bonds. The van der Waals surface area contributed by atoms with Gasteiger partial charge < -0.3 is 15.0 Å². The third-order valence-corrected chi connectivity index (χ3v) is 8.80. The number of nitrogens with one attached hydrogen (secondary N) is 1. The van der Waals surface area contributed by atoms with Gasteiger partial charge >= 0.3 is 0 Å². The fourth-order valence-corrected chi connectivity index (χ4v) is 6.10. The van der Waals surface area contributed by atoms with Crippen LogP contribution in [0.3, 0.4) is 0 Å². The van der Waals surface area contributed by atoms with Crippen molar-refractivity contribution < 1.29 is 13.5 Å². The number of pyridine rings is 1. The molecule has 3 aromatic rings. The second kappa shape index (κ2) is 11.2. The van der Waals surface area contributed by atoms with E-state index in [0.717, 1.165) is 75.7 Å². The predicted molar refractivity (Wildman–Crippen MR) is 149 cm³/mol. The molecule has 1 aromatic carbocycles. The van der Waals surface area contributed by atoms with E-state index in [1.54, 1.807) is 18.2 Å². The van der Waals surface area contributed by atoms with E-state index in [1.165, 1.54) is 6.33 Å². The first-order chi connectivity index (χ1) is 19.5. The molecular formula is C31H36F2N6O. The lowest BCUT2D eigenvalue weighted by molar-refractivity contribution is -0.0855. The van der Waals surface area contributed by atoms with Gasteiger partial charge in [0.1, 0.15) is 12.1 Å². The van der Waals surface area contributed by atoms with E-state index in [-0.39, 0.29) is 5.56 Å². The molecule has 6 aliphatic rings. The topological polar surface area (TPSA) is 87.0 Å². The minimum absolute atomic E-state index is 0.0756. The summed E-state index contributed by atoms with van der Waals surface area (Å²) in [5.74, 6) is -2.48. The number of hydrogen-bond acceptors (Lipinski definition) is 7. The zero-order valence-corrected chi connectivity index (χ0v) is 22.8. The number of nitriles is 1. The Labute approximate surface area is 234 Å². The molecule has 9 rings (SSSR count). The van der Waals surface area contributed by atoms with E-state index in [1.807, 2.05) is 12.1 Å². The van der Waals surface area contributed by atoms with Crippen LogP contribution in [0, 0.1) is 17.2 Å². The molecule has 210 valence electrons. The summed E-state index contributed by atoms with van der Waals surface area (Å²) >= 11 is 0. The quantitative estimate of drug-likeness (QED) is 0.381. The van der Waals surface area contributed by atoms with Crippen molar-refractivity contribution in [3.63, 3.8) is 0 Å². The molecule has 1 N–H and O–H groups in total. The highest BCUT2D eigenvalue weighted by atomic mass is 19.3. The lowest BCUT2D eigenvalue weighted by Gasteiger charge is -2.36. The first-order valence-corrected chi connectivity index (χ1v) is 14.6. The van der Waals surface area contributed by atoms with Gasteiger partial charge in [0.25, 0.3) is 5.92 Å². The number of halogens is 2. The zero-order chi connectivity index (χ0) is 27.6. The van der Waals surface area contributed by atoms with Crippen LogP contribution in [0.4, 0.5) is 14.6 Å². The third-order valence-electron chi connectivity index (χ3n) is 8.80. The van der Waals surface area contributed by atoms with Gasteiger partial charge in [-0.3, -0.25) is 0 Å². The summed E-state index contributed by atoms with van der Waals surface area (Å²) in [5.41, 5.74) is 1.50. The SMILES string of the molecule is N#CC1(c2cc3c4ncnc3nc2OCCCCCCCN2CCC(CC2)C(F)(F)c2cccc(c2)CN4)CC1. The largest absolute Gasteiger partial charge is 0.477 e. The van der Waals surface area contributed by atoms with Crippen LogP contribution in [0.25, 0.3) is 11.0 Å². The van der Waals surface area contributed by atoms with Gasteiger partial charge in [-0.2, -0.15) is 10.2 Å². The van der Waals surface area contributed by atoms with Gasteiger partial charge in [-0.05, 0) is 75.9 Å². The lowest BCUT2D eigenvalue weighted by atomic mass is 9.86. The van der Waals surface area contributed by atoms with Crippen molar-refractivity contribution in [1.82, 2.24) is 19.9 Å². The molecule has 2 fully saturated rings. The zero-order valence-electron chi connectivity index (χ0n) is 22.8. The van der Waals surface area contributed by atoms with Crippen molar-refractivity contribution in [2.45, 2.75) is 75.7 Å². The van der Waals surface area contributed by atoms with E-state index >= 15 is 8.78 Å². The summed E-state index contributed by atoms with van der Waals surface area (Å²) in [5, 5.41) is 14.0. The Morgan fingerprint density at radius 2 is 1.80 bits per heavy atom. The molecular weight excluding hydrogens is 510 g/mol. The normalized spacial score (nSPS) is 24.6. The van der Waals surface area contributed by atoms with E-state index in [0.29, 0.717) is 48.7 Å². The van der Waals surface area contributed by atoms with E-state index < -0.39 is 17.3 Å². The maximum atomic E-state index is 15.6. The monoisotopic (exact) mass is 546 g/mol. The average Bonchev–Trinajstić information content (AvgIpc) is 3.78. The van der Waals surface area contributed by atoms with Crippen LogP contribution in [0.15, 0.2) is 36.7 Å². The smallest absolute Gasteiger partial charge is 0.276 e.